The van der Waals surface area contributed by atoms with Gasteiger partial charge >= 0.3 is 0 Å². The third kappa shape index (κ3) is 5.89. The molecule has 1 atom stereocenters. The molecule has 0 radical (unpaired) electrons. The van der Waals surface area contributed by atoms with Crippen molar-refractivity contribution >= 4 is 29.9 Å². The van der Waals surface area contributed by atoms with Crippen LogP contribution in [-0.4, -0.2) is 50.6 Å². The molecule has 0 saturated carbocycles. The van der Waals surface area contributed by atoms with Crippen molar-refractivity contribution in [2.45, 2.75) is 20.3 Å². The Morgan fingerprint density at radius 2 is 1.94 bits per heavy atom. The topological polar surface area (TPSA) is 39.7 Å². The summed E-state index contributed by atoms with van der Waals surface area (Å²) in [6, 6.07) is 0. The molecule has 0 aliphatic carbocycles. The molecule has 1 unspecified atom stereocenters. The van der Waals surface area contributed by atoms with E-state index in [1.165, 1.54) is 19.5 Å². The highest BCUT2D eigenvalue weighted by Gasteiger charge is 2.18. The van der Waals surface area contributed by atoms with Crippen molar-refractivity contribution in [2.24, 2.45) is 10.9 Å². The van der Waals surface area contributed by atoms with E-state index in [1.54, 1.807) is 0 Å². The van der Waals surface area contributed by atoms with Gasteiger partial charge in [0, 0.05) is 26.2 Å². The van der Waals surface area contributed by atoms with Gasteiger partial charge in [0.15, 0.2) is 5.96 Å². The van der Waals surface area contributed by atoms with E-state index in [4.69, 9.17) is 0 Å². The van der Waals surface area contributed by atoms with Gasteiger partial charge in [-0.25, -0.2) is 0 Å². The molecule has 0 aromatic rings. The Morgan fingerprint density at radius 3 is 2.38 bits per heavy atom. The Morgan fingerprint density at radius 1 is 1.31 bits per heavy atom. The molecule has 1 saturated heterocycles. The van der Waals surface area contributed by atoms with Crippen LogP contribution in [0.3, 0.4) is 0 Å². The Kier molecular flexibility index (Phi) is 9.02. The Balaban J connectivity index is 0.00000225. The van der Waals surface area contributed by atoms with Crippen LogP contribution in [0.2, 0.25) is 0 Å². The standard InChI is InChI=1S/C11H24N4.HI/c1-4-12-11(13-5-2)14-8-10-6-7-15(3)9-10;/h10H,4-9H2,1-3H3,(H2,12,13,14);1H. The van der Waals surface area contributed by atoms with Crippen LogP contribution in [0.15, 0.2) is 4.99 Å². The highest BCUT2D eigenvalue weighted by atomic mass is 127. The number of aliphatic imine (C=N–C) groups is 1. The summed E-state index contributed by atoms with van der Waals surface area (Å²) in [5.74, 6) is 1.69. The summed E-state index contributed by atoms with van der Waals surface area (Å²) in [6.45, 7) is 9.39. The minimum absolute atomic E-state index is 0. The second kappa shape index (κ2) is 9.04. The summed E-state index contributed by atoms with van der Waals surface area (Å²) in [7, 11) is 2.18. The van der Waals surface area contributed by atoms with Crippen LogP contribution >= 0.6 is 24.0 Å². The Bertz CT molecular complexity index is 200. The average Bonchev–Trinajstić information content (AvgIpc) is 2.61. The number of halogens is 1. The van der Waals surface area contributed by atoms with E-state index in [-0.39, 0.29) is 24.0 Å². The lowest BCUT2D eigenvalue weighted by Gasteiger charge is -2.11. The van der Waals surface area contributed by atoms with Crippen LogP contribution in [0.5, 0.6) is 0 Å². The summed E-state index contributed by atoms with van der Waals surface area (Å²) in [6.07, 6.45) is 1.28. The molecule has 1 fully saturated rings. The van der Waals surface area contributed by atoms with Crippen molar-refractivity contribution < 1.29 is 0 Å². The third-order valence-electron chi connectivity index (χ3n) is 2.68. The molecule has 16 heavy (non-hydrogen) atoms. The largest absolute Gasteiger partial charge is 0.357 e. The zero-order valence-corrected chi connectivity index (χ0v) is 13.0. The van der Waals surface area contributed by atoms with Crippen LogP contribution in [0.4, 0.5) is 0 Å². The van der Waals surface area contributed by atoms with Crippen molar-refractivity contribution in [3.63, 3.8) is 0 Å². The third-order valence-corrected chi connectivity index (χ3v) is 2.68. The SMILES string of the molecule is CCNC(=NCC1CCN(C)C1)NCC.I. The first-order chi connectivity index (χ1) is 7.26. The minimum Gasteiger partial charge on any atom is -0.357 e. The molecule has 4 nitrogen and oxygen atoms in total. The highest BCUT2D eigenvalue weighted by Crippen LogP contribution is 2.13. The number of guanidine groups is 1. The van der Waals surface area contributed by atoms with Gasteiger partial charge in [-0.3, -0.25) is 4.99 Å². The minimum atomic E-state index is 0. The van der Waals surface area contributed by atoms with Gasteiger partial charge in [-0.05, 0) is 39.8 Å². The van der Waals surface area contributed by atoms with Crippen LogP contribution in [-0.2, 0) is 0 Å². The van der Waals surface area contributed by atoms with E-state index >= 15 is 0 Å². The van der Waals surface area contributed by atoms with Crippen LogP contribution in [0, 0.1) is 5.92 Å². The van der Waals surface area contributed by atoms with Gasteiger partial charge in [-0.15, -0.1) is 24.0 Å². The van der Waals surface area contributed by atoms with E-state index in [9.17, 15) is 0 Å². The van der Waals surface area contributed by atoms with E-state index in [2.05, 4.69) is 41.4 Å². The fourth-order valence-electron chi connectivity index (χ4n) is 1.90. The van der Waals surface area contributed by atoms with Crippen molar-refractivity contribution in [1.29, 1.82) is 0 Å². The van der Waals surface area contributed by atoms with E-state index in [0.29, 0.717) is 0 Å². The molecule has 0 spiro atoms. The van der Waals surface area contributed by atoms with Crippen LogP contribution in [0.25, 0.3) is 0 Å². The molecule has 5 heteroatoms. The van der Waals surface area contributed by atoms with Gasteiger partial charge in [0.05, 0.1) is 0 Å². The molecule has 2 N–H and O–H groups in total. The van der Waals surface area contributed by atoms with E-state index in [0.717, 1.165) is 31.5 Å². The highest BCUT2D eigenvalue weighted by molar-refractivity contribution is 14.0. The maximum absolute atomic E-state index is 4.59. The fourth-order valence-corrected chi connectivity index (χ4v) is 1.90. The maximum atomic E-state index is 4.59. The van der Waals surface area contributed by atoms with Gasteiger partial charge in [0.25, 0.3) is 0 Å². The van der Waals surface area contributed by atoms with Crippen molar-refractivity contribution in [2.75, 3.05) is 39.8 Å². The molecule has 0 bridgehead atoms. The van der Waals surface area contributed by atoms with Gasteiger partial charge < -0.3 is 15.5 Å². The summed E-state index contributed by atoms with van der Waals surface area (Å²) in [4.78, 5) is 6.96. The van der Waals surface area contributed by atoms with Crippen LogP contribution in [0.1, 0.15) is 20.3 Å². The van der Waals surface area contributed by atoms with Gasteiger partial charge in [-0.1, -0.05) is 0 Å². The number of nitrogens with one attached hydrogen (secondary N) is 2. The monoisotopic (exact) mass is 340 g/mol. The van der Waals surface area contributed by atoms with Gasteiger partial charge in [-0.2, -0.15) is 0 Å². The molecule has 0 aromatic heterocycles. The molecule has 1 aliphatic rings. The molecule has 96 valence electrons. The second-order valence-electron chi connectivity index (χ2n) is 4.17. The first kappa shape index (κ1) is 16.0. The lowest BCUT2D eigenvalue weighted by molar-refractivity contribution is 0.397. The average molecular weight is 340 g/mol. The quantitative estimate of drug-likeness (QED) is 0.458. The number of hydrogen-bond acceptors (Lipinski definition) is 2. The number of hydrogen-bond donors (Lipinski definition) is 2. The normalized spacial score (nSPS) is 20.1. The first-order valence-corrected chi connectivity index (χ1v) is 5.97. The molecule has 1 rings (SSSR count). The second-order valence-corrected chi connectivity index (χ2v) is 4.17. The predicted octanol–water partition coefficient (Wildman–Crippen LogP) is 1.13. The lowest BCUT2D eigenvalue weighted by Crippen LogP contribution is -2.37. The first-order valence-electron chi connectivity index (χ1n) is 5.97. The zero-order chi connectivity index (χ0) is 11.1. The molecular weight excluding hydrogens is 315 g/mol. The number of likely N-dealkylation sites (tertiary alicyclic amines) is 1. The van der Waals surface area contributed by atoms with Crippen molar-refractivity contribution in [3.8, 4) is 0 Å². The van der Waals surface area contributed by atoms with Crippen molar-refractivity contribution in [3.05, 3.63) is 0 Å². The molecular formula is C11H25IN4. The summed E-state index contributed by atoms with van der Waals surface area (Å²) >= 11 is 0. The summed E-state index contributed by atoms with van der Waals surface area (Å²) in [5.41, 5.74) is 0. The lowest BCUT2D eigenvalue weighted by atomic mass is 10.1. The maximum Gasteiger partial charge on any atom is 0.191 e. The molecule has 1 heterocycles. The van der Waals surface area contributed by atoms with Gasteiger partial charge in [0.2, 0.25) is 0 Å². The number of rotatable bonds is 4. The summed E-state index contributed by atoms with van der Waals surface area (Å²) < 4.78 is 0. The summed E-state index contributed by atoms with van der Waals surface area (Å²) in [5, 5.41) is 6.49. The predicted molar refractivity (Wildman–Crippen MR) is 80.7 cm³/mol. The molecule has 0 amide bonds. The smallest absolute Gasteiger partial charge is 0.191 e. The van der Waals surface area contributed by atoms with Crippen molar-refractivity contribution in [1.82, 2.24) is 15.5 Å². The zero-order valence-electron chi connectivity index (χ0n) is 10.6. The van der Waals surface area contributed by atoms with E-state index in [1.807, 2.05) is 0 Å². The van der Waals surface area contributed by atoms with Gasteiger partial charge in [0.1, 0.15) is 0 Å². The Hall–Kier alpha value is -0.0400. The molecule has 0 aromatic carbocycles. The fraction of sp³-hybridized carbons (Fsp3) is 0.909. The van der Waals surface area contributed by atoms with E-state index < -0.39 is 0 Å². The van der Waals surface area contributed by atoms with Crippen LogP contribution < -0.4 is 10.6 Å². The number of nitrogens with zero attached hydrogens (tertiary/aromatic N) is 2. The Labute approximate surface area is 116 Å². The molecule has 1 aliphatic heterocycles.